The average molecular weight is 396 g/mol. The first-order valence-electron chi connectivity index (χ1n) is 10.5. The van der Waals surface area contributed by atoms with Crippen LogP contribution in [0.1, 0.15) is 18.1 Å². The molecule has 0 aliphatic carbocycles. The molecule has 1 aliphatic rings. The van der Waals surface area contributed by atoms with Crippen LogP contribution in [0.2, 0.25) is 0 Å². The lowest BCUT2D eigenvalue weighted by atomic mass is 10.1. The number of benzene rings is 3. The van der Waals surface area contributed by atoms with Crippen LogP contribution in [0, 0.1) is 13.8 Å². The lowest BCUT2D eigenvalue weighted by Gasteiger charge is -2.28. The summed E-state index contributed by atoms with van der Waals surface area (Å²) in [7, 11) is 4.30. The smallest absolute Gasteiger partial charge is 0.215 e. The zero-order valence-electron chi connectivity index (χ0n) is 18.0. The van der Waals surface area contributed by atoms with E-state index >= 15 is 0 Å². The van der Waals surface area contributed by atoms with Gasteiger partial charge in [0.2, 0.25) is 5.78 Å². The van der Waals surface area contributed by atoms with Gasteiger partial charge in [0.15, 0.2) is 0 Å². The molecule has 0 bridgehead atoms. The maximum Gasteiger partial charge on any atom is 0.215 e. The molecular weight excluding hydrogens is 370 g/mol. The summed E-state index contributed by atoms with van der Waals surface area (Å²) in [5.74, 6) is 0.983. The number of anilines is 3. The number of rotatable bonds is 1. The highest BCUT2D eigenvalue weighted by Gasteiger charge is 2.33. The van der Waals surface area contributed by atoms with Gasteiger partial charge >= 0.3 is 0 Å². The molecule has 0 unspecified atom stereocenters. The van der Waals surface area contributed by atoms with Crippen molar-refractivity contribution in [3.63, 3.8) is 0 Å². The van der Waals surface area contributed by atoms with Gasteiger partial charge in [-0.15, -0.1) is 0 Å². The number of hydrogen-bond donors (Lipinski definition) is 0. The van der Waals surface area contributed by atoms with E-state index in [2.05, 4.69) is 108 Å². The Hall–Kier alpha value is -3.47. The monoisotopic (exact) mass is 395 g/mol. The number of nitrogens with zero attached hydrogens (tertiary/aromatic N) is 5. The van der Waals surface area contributed by atoms with Crippen molar-refractivity contribution in [3.05, 3.63) is 65.7 Å². The van der Waals surface area contributed by atoms with Gasteiger partial charge in [-0.1, -0.05) is 30.3 Å². The van der Waals surface area contributed by atoms with E-state index < -0.39 is 0 Å². The van der Waals surface area contributed by atoms with Crippen molar-refractivity contribution in [3.8, 4) is 0 Å². The van der Waals surface area contributed by atoms with E-state index in [1.807, 2.05) is 0 Å². The van der Waals surface area contributed by atoms with Crippen LogP contribution in [-0.2, 0) is 7.05 Å². The van der Waals surface area contributed by atoms with Gasteiger partial charge in [-0.25, -0.2) is 4.98 Å². The molecule has 1 atom stereocenters. The SMILES string of the molecule is Cc1ccccc1N1c2cc3c(cc2N(C)[C@@H]1C)n1c2cccc(C)c2nc1n3C. The minimum Gasteiger partial charge on any atom is -0.352 e. The Morgan fingerprint density at radius 3 is 2.30 bits per heavy atom. The highest BCUT2D eigenvalue weighted by Crippen LogP contribution is 2.46. The summed E-state index contributed by atoms with van der Waals surface area (Å²) >= 11 is 0. The van der Waals surface area contributed by atoms with E-state index in [4.69, 9.17) is 4.98 Å². The molecule has 0 radical (unpaired) electrons. The number of imidazole rings is 2. The van der Waals surface area contributed by atoms with Crippen LogP contribution in [0.3, 0.4) is 0 Å². The van der Waals surface area contributed by atoms with Crippen molar-refractivity contribution < 1.29 is 0 Å². The van der Waals surface area contributed by atoms with Gasteiger partial charge in [-0.3, -0.25) is 4.40 Å². The second-order valence-electron chi connectivity index (χ2n) is 8.48. The van der Waals surface area contributed by atoms with Crippen molar-refractivity contribution in [2.45, 2.75) is 26.9 Å². The van der Waals surface area contributed by atoms with Crippen molar-refractivity contribution in [1.29, 1.82) is 0 Å². The van der Waals surface area contributed by atoms with Gasteiger partial charge in [-0.2, -0.15) is 0 Å². The third-order valence-corrected chi connectivity index (χ3v) is 6.79. The Morgan fingerprint density at radius 1 is 0.767 bits per heavy atom. The zero-order valence-corrected chi connectivity index (χ0v) is 18.0. The summed E-state index contributed by atoms with van der Waals surface area (Å²) in [4.78, 5) is 9.79. The Kier molecular flexibility index (Phi) is 3.35. The van der Waals surface area contributed by atoms with Crippen molar-refractivity contribution in [1.82, 2.24) is 14.0 Å². The molecule has 6 rings (SSSR count). The molecule has 3 aromatic carbocycles. The van der Waals surface area contributed by atoms with Gasteiger partial charge < -0.3 is 14.4 Å². The summed E-state index contributed by atoms with van der Waals surface area (Å²) in [6.45, 7) is 6.58. The van der Waals surface area contributed by atoms with Crippen molar-refractivity contribution in [2.24, 2.45) is 7.05 Å². The number of aryl methyl sites for hydroxylation is 3. The summed E-state index contributed by atoms with van der Waals surface area (Å²) in [6, 6.07) is 19.7. The van der Waals surface area contributed by atoms with Gasteiger partial charge in [0.1, 0.15) is 6.17 Å². The van der Waals surface area contributed by atoms with Gasteiger partial charge in [-0.05, 0) is 56.2 Å². The molecule has 0 N–H and O–H groups in total. The minimum atomic E-state index is 0.246. The van der Waals surface area contributed by atoms with Crippen molar-refractivity contribution in [2.75, 3.05) is 16.8 Å². The largest absolute Gasteiger partial charge is 0.352 e. The average Bonchev–Trinajstić information content (AvgIpc) is 3.33. The molecule has 0 amide bonds. The summed E-state index contributed by atoms with van der Waals surface area (Å²) in [5, 5.41) is 0. The fourth-order valence-corrected chi connectivity index (χ4v) is 5.02. The molecule has 3 heterocycles. The molecule has 5 aromatic rings. The Morgan fingerprint density at radius 2 is 1.50 bits per heavy atom. The van der Waals surface area contributed by atoms with Crippen LogP contribution in [0.15, 0.2) is 54.6 Å². The summed E-state index contributed by atoms with van der Waals surface area (Å²) in [6.07, 6.45) is 0.246. The van der Waals surface area contributed by atoms with E-state index in [-0.39, 0.29) is 6.17 Å². The first kappa shape index (κ1) is 17.4. The molecule has 5 nitrogen and oxygen atoms in total. The fourth-order valence-electron chi connectivity index (χ4n) is 5.02. The highest BCUT2D eigenvalue weighted by atomic mass is 15.4. The minimum absolute atomic E-state index is 0.246. The molecule has 150 valence electrons. The highest BCUT2D eigenvalue weighted by molar-refractivity contribution is 5.99. The third kappa shape index (κ3) is 2.04. The maximum absolute atomic E-state index is 4.98. The maximum atomic E-state index is 4.98. The molecule has 0 spiro atoms. The van der Waals surface area contributed by atoms with Crippen LogP contribution in [0.25, 0.3) is 27.8 Å². The molecule has 30 heavy (non-hydrogen) atoms. The molecule has 0 saturated carbocycles. The first-order chi connectivity index (χ1) is 14.5. The number of fused-ring (bicyclic) bond motifs is 6. The van der Waals surface area contributed by atoms with E-state index in [9.17, 15) is 0 Å². The van der Waals surface area contributed by atoms with Crippen LogP contribution < -0.4 is 9.80 Å². The van der Waals surface area contributed by atoms with E-state index in [0.29, 0.717) is 0 Å². The van der Waals surface area contributed by atoms with Crippen LogP contribution in [0.5, 0.6) is 0 Å². The lowest BCUT2D eigenvalue weighted by molar-refractivity contribution is 0.732. The third-order valence-electron chi connectivity index (χ3n) is 6.79. The number of aromatic nitrogens is 3. The lowest BCUT2D eigenvalue weighted by Crippen LogP contribution is -2.35. The normalized spacial score (nSPS) is 16.4. The standard InChI is InChI=1S/C25H25N5/c1-15-9-6-7-11-18(15)29-17(3)27(4)20-13-23-21(14-22(20)29)28(5)25-26-24-16(2)10-8-12-19(24)30(23)25/h6-14,17H,1-5H3/t17-/m0/s1. The predicted octanol–water partition coefficient (Wildman–Crippen LogP) is 5.53. The quantitative estimate of drug-likeness (QED) is 0.374. The summed E-state index contributed by atoms with van der Waals surface area (Å²) in [5.41, 5.74) is 10.9. The first-order valence-corrected chi connectivity index (χ1v) is 10.5. The second-order valence-corrected chi connectivity index (χ2v) is 8.48. The summed E-state index contributed by atoms with van der Waals surface area (Å²) < 4.78 is 4.51. The Bertz CT molecular complexity index is 1470. The number of hydrogen-bond acceptors (Lipinski definition) is 3. The van der Waals surface area contributed by atoms with Crippen molar-refractivity contribution >= 4 is 44.9 Å². The molecule has 0 fully saturated rings. The zero-order chi connectivity index (χ0) is 20.7. The topological polar surface area (TPSA) is 28.7 Å². The second kappa shape index (κ2) is 5.79. The Balaban J connectivity index is 1.69. The van der Waals surface area contributed by atoms with Gasteiger partial charge in [0.05, 0.1) is 33.4 Å². The van der Waals surface area contributed by atoms with Crippen LogP contribution in [0.4, 0.5) is 17.1 Å². The van der Waals surface area contributed by atoms with Gasteiger partial charge in [0.25, 0.3) is 0 Å². The van der Waals surface area contributed by atoms with E-state index in [0.717, 1.165) is 11.3 Å². The van der Waals surface area contributed by atoms with Crippen LogP contribution >= 0.6 is 0 Å². The molecule has 5 heteroatoms. The number of para-hydroxylation sites is 2. The van der Waals surface area contributed by atoms with E-state index in [1.54, 1.807) is 0 Å². The van der Waals surface area contributed by atoms with Gasteiger partial charge in [0, 0.05) is 19.8 Å². The van der Waals surface area contributed by atoms with Crippen LogP contribution in [-0.4, -0.2) is 27.2 Å². The Labute approximate surface area is 175 Å². The molecular formula is C25H25N5. The predicted molar refractivity (Wildman–Crippen MR) is 125 cm³/mol. The molecule has 0 saturated heterocycles. The fraction of sp³-hybridized carbons (Fsp3) is 0.240. The molecule has 1 aliphatic heterocycles. The molecule has 2 aromatic heterocycles. The van der Waals surface area contributed by atoms with E-state index in [1.165, 1.54) is 44.7 Å².